The number of benzene rings is 1. The van der Waals surface area contributed by atoms with Crippen LogP contribution in [0.1, 0.15) is 24.0 Å². The average Bonchev–Trinajstić information content (AvgIpc) is 2.53. The maximum absolute atomic E-state index is 12.6. The fourth-order valence-electron chi connectivity index (χ4n) is 2.94. The molecule has 0 aromatic heterocycles. The number of hydrogen-bond acceptors (Lipinski definition) is 5. The van der Waals surface area contributed by atoms with Gasteiger partial charge in [-0.25, -0.2) is 8.42 Å². The third-order valence-corrected chi connectivity index (χ3v) is 6.30. The van der Waals surface area contributed by atoms with Crippen LogP contribution in [0, 0.1) is 0 Å². The Kier molecular flexibility index (Phi) is 5.78. The van der Waals surface area contributed by atoms with E-state index >= 15 is 0 Å². The number of sulfone groups is 1. The maximum Gasteiger partial charge on any atom is 0.241 e. The van der Waals surface area contributed by atoms with E-state index in [1.165, 1.54) is 0 Å². The standard InChI is InChI=1S/C16H24N2O4S/c1-22-12-14-5-3-4-13(10-14)11-18-15(19)16(23(2,20)21)6-8-17-9-7-16/h3-5,10,17H,6-9,11-12H2,1-2H3,(H,18,19). The van der Waals surface area contributed by atoms with Gasteiger partial charge in [0.25, 0.3) is 0 Å². The van der Waals surface area contributed by atoms with E-state index in [1.807, 2.05) is 24.3 Å². The molecule has 0 atom stereocenters. The molecule has 7 heteroatoms. The molecule has 2 N–H and O–H groups in total. The molecule has 0 saturated carbocycles. The molecule has 1 aromatic rings. The molecule has 1 saturated heterocycles. The second-order valence-electron chi connectivity index (χ2n) is 5.95. The first-order valence-electron chi connectivity index (χ1n) is 7.64. The lowest BCUT2D eigenvalue weighted by atomic mass is 9.95. The Bertz CT molecular complexity index is 652. The number of amides is 1. The van der Waals surface area contributed by atoms with Crippen molar-refractivity contribution in [2.24, 2.45) is 0 Å². The van der Waals surface area contributed by atoms with Crippen LogP contribution in [0.5, 0.6) is 0 Å². The van der Waals surface area contributed by atoms with Crippen LogP contribution >= 0.6 is 0 Å². The normalized spacial score (nSPS) is 17.7. The van der Waals surface area contributed by atoms with E-state index in [0.717, 1.165) is 17.4 Å². The summed E-state index contributed by atoms with van der Waals surface area (Å²) in [5, 5.41) is 5.90. The second kappa shape index (κ2) is 7.42. The quantitative estimate of drug-likeness (QED) is 0.793. The van der Waals surface area contributed by atoms with Gasteiger partial charge >= 0.3 is 0 Å². The first-order chi connectivity index (χ1) is 10.9. The molecule has 1 heterocycles. The Morgan fingerprint density at radius 3 is 2.57 bits per heavy atom. The van der Waals surface area contributed by atoms with Crippen LogP contribution in [0.3, 0.4) is 0 Å². The molecule has 128 valence electrons. The Balaban J connectivity index is 2.09. The van der Waals surface area contributed by atoms with Crippen molar-refractivity contribution >= 4 is 15.7 Å². The summed E-state index contributed by atoms with van der Waals surface area (Å²) in [4.78, 5) is 12.6. The van der Waals surface area contributed by atoms with Crippen molar-refractivity contribution in [3.8, 4) is 0 Å². The Labute approximate surface area is 137 Å². The first kappa shape index (κ1) is 17.9. The van der Waals surface area contributed by atoms with Crippen LogP contribution < -0.4 is 10.6 Å². The van der Waals surface area contributed by atoms with Crippen LogP contribution in [-0.2, 0) is 32.5 Å². The van der Waals surface area contributed by atoms with Gasteiger partial charge in [0.15, 0.2) is 14.6 Å². The predicted molar refractivity (Wildman–Crippen MR) is 88.7 cm³/mol. The van der Waals surface area contributed by atoms with E-state index in [1.54, 1.807) is 7.11 Å². The number of methoxy groups -OCH3 is 1. The van der Waals surface area contributed by atoms with Crippen molar-refractivity contribution in [2.75, 3.05) is 26.5 Å². The van der Waals surface area contributed by atoms with E-state index < -0.39 is 20.5 Å². The largest absolute Gasteiger partial charge is 0.380 e. The smallest absolute Gasteiger partial charge is 0.241 e. The molecule has 0 spiro atoms. The summed E-state index contributed by atoms with van der Waals surface area (Å²) in [5.41, 5.74) is 1.93. The van der Waals surface area contributed by atoms with Gasteiger partial charge in [-0.05, 0) is 37.1 Å². The molecule has 1 fully saturated rings. The molecular formula is C16H24N2O4S. The van der Waals surface area contributed by atoms with Gasteiger partial charge in [-0.2, -0.15) is 0 Å². The average molecular weight is 340 g/mol. The molecule has 23 heavy (non-hydrogen) atoms. The number of carbonyl (C=O) groups is 1. The first-order valence-corrected chi connectivity index (χ1v) is 9.53. The molecule has 6 nitrogen and oxygen atoms in total. The number of hydrogen-bond donors (Lipinski definition) is 2. The molecule has 1 aliphatic heterocycles. The molecule has 0 radical (unpaired) electrons. The van der Waals surface area contributed by atoms with Gasteiger partial charge in [0.05, 0.1) is 6.61 Å². The summed E-state index contributed by atoms with van der Waals surface area (Å²) in [6.45, 7) is 1.87. The Morgan fingerprint density at radius 2 is 1.96 bits per heavy atom. The summed E-state index contributed by atoms with van der Waals surface area (Å²) in [6.07, 6.45) is 1.76. The van der Waals surface area contributed by atoms with Crippen LogP contribution in [0.4, 0.5) is 0 Å². The minimum absolute atomic E-state index is 0.307. The van der Waals surface area contributed by atoms with Crippen LogP contribution in [-0.4, -0.2) is 45.5 Å². The minimum atomic E-state index is -3.48. The molecule has 1 aliphatic rings. The van der Waals surface area contributed by atoms with Crippen LogP contribution in [0.15, 0.2) is 24.3 Å². The van der Waals surface area contributed by atoms with Crippen LogP contribution in [0.2, 0.25) is 0 Å². The molecule has 0 bridgehead atoms. The lowest BCUT2D eigenvalue weighted by Gasteiger charge is -2.34. The molecule has 1 aromatic carbocycles. The SMILES string of the molecule is COCc1cccc(CNC(=O)C2(S(C)(=O)=O)CCNCC2)c1. The zero-order chi connectivity index (χ0) is 16.9. The van der Waals surface area contributed by atoms with Crippen LogP contribution in [0.25, 0.3) is 0 Å². The third kappa shape index (κ3) is 4.10. The van der Waals surface area contributed by atoms with Gasteiger partial charge in [-0.1, -0.05) is 24.3 Å². The highest BCUT2D eigenvalue weighted by Gasteiger charge is 2.48. The number of ether oxygens (including phenoxy) is 1. The van der Waals surface area contributed by atoms with Crippen molar-refractivity contribution in [3.63, 3.8) is 0 Å². The highest BCUT2D eigenvalue weighted by Crippen LogP contribution is 2.28. The van der Waals surface area contributed by atoms with Gasteiger partial charge in [0, 0.05) is 19.9 Å². The van der Waals surface area contributed by atoms with Crippen molar-refractivity contribution < 1.29 is 17.9 Å². The van der Waals surface area contributed by atoms with Gasteiger partial charge in [0.2, 0.25) is 5.91 Å². The molecular weight excluding hydrogens is 316 g/mol. The van der Waals surface area contributed by atoms with Gasteiger partial charge in [0.1, 0.15) is 0 Å². The summed E-state index contributed by atoms with van der Waals surface area (Å²) in [6, 6.07) is 7.68. The van der Waals surface area contributed by atoms with E-state index in [9.17, 15) is 13.2 Å². The van der Waals surface area contributed by atoms with Crippen molar-refractivity contribution in [1.29, 1.82) is 0 Å². The summed E-state index contributed by atoms with van der Waals surface area (Å²) in [5.74, 6) is -0.404. The summed E-state index contributed by atoms with van der Waals surface area (Å²) < 4.78 is 28.2. The van der Waals surface area contributed by atoms with E-state index in [-0.39, 0.29) is 0 Å². The topological polar surface area (TPSA) is 84.5 Å². The van der Waals surface area contributed by atoms with E-state index in [0.29, 0.717) is 39.1 Å². The summed E-state index contributed by atoms with van der Waals surface area (Å²) >= 11 is 0. The number of carbonyl (C=O) groups excluding carboxylic acids is 1. The Morgan fingerprint density at radius 1 is 1.30 bits per heavy atom. The maximum atomic E-state index is 12.6. The van der Waals surface area contributed by atoms with E-state index in [2.05, 4.69) is 10.6 Å². The molecule has 1 amide bonds. The number of piperidine rings is 1. The fraction of sp³-hybridized carbons (Fsp3) is 0.562. The zero-order valence-corrected chi connectivity index (χ0v) is 14.4. The van der Waals surface area contributed by atoms with Crippen molar-refractivity contribution in [3.05, 3.63) is 35.4 Å². The monoisotopic (exact) mass is 340 g/mol. The third-order valence-electron chi connectivity index (χ3n) is 4.29. The summed E-state index contributed by atoms with van der Waals surface area (Å²) in [7, 11) is -1.85. The van der Waals surface area contributed by atoms with Gasteiger partial charge in [-0.3, -0.25) is 4.79 Å². The molecule has 2 rings (SSSR count). The Hall–Kier alpha value is -1.44. The fourth-order valence-corrected chi connectivity index (χ4v) is 4.29. The highest BCUT2D eigenvalue weighted by atomic mass is 32.2. The van der Waals surface area contributed by atoms with Crippen molar-refractivity contribution in [2.45, 2.75) is 30.7 Å². The van der Waals surface area contributed by atoms with Crippen molar-refractivity contribution in [1.82, 2.24) is 10.6 Å². The lowest BCUT2D eigenvalue weighted by Crippen LogP contribution is -2.57. The second-order valence-corrected chi connectivity index (χ2v) is 8.28. The van der Waals surface area contributed by atoms with E-state index in [4.69, 9.17) is 4.74 Å². The number of nitrogens with one attached hydrogen (secondary N) is 2. The predicted octanol–water partition coefficient (Wildman–Crippen LogP) is 0.616. The van der Waals surface area contributed by atoms with Gasteiger partial charge < -0.3 is 15.4 Å². The zero-order valence-electron chi connectivity index (χ0n) is 13.6. The number of rotatable bonds is 6. The minimum Gasteiger partial charge on any atom is -0.380 e. The van der Waals surface area contributed by atoms with Gasteiger partial charge in [-0.15, -0.1) is 0 Å². The molecule has 0 unspecified atom stereocenters. The lowest BCUT2D eigenvalue weighted by molar-refractivity contribution is -0.124. The highest BCUT2D eigenvalue weighted by molar-refractivity contribution is 7.92. The molecule has 0 aliphatic carbocycles.